The summed E-state index contributed by atoms with van der Waals surface area (Å²) in [6, 6.07) is 4.45. The maximum absolute atomic E-state index is 12.9. The largest absolute Gasteiger partial charge is 0.486 e. The third-order valence-corrected chi connectivity index (χ3v) is 2.77. The quantitative estimate of drug-likeness (QED) is 0.832. The Labute approximate surface area is 94.3 Å². The van der Waals surface area contributed by atoms with Crippen molar-refractivity contribution < 1.29 is 13.9 Å². The van der Waals surface area contributed by atoms with Crippen LogP contribution in [-0.2, 0) is 4.74 Å². The van der Waals surface area contributed by atoms with Crippen molar-refractivity contribution in [3.63, 3.8) is 0 Å². The van der Waals surface area contributed by atoms with Gasteiger partial charge in [-0.15, -0.1) is 0 Å². The molecule has 0 amide bonds. The molecule has 2 atom stereocenters. The predicted molar refractivity (Wildman–Crippen MR) is 59.0 cm³/mol. The summed E-state index contributed by atoms with van der Waals surface area (Å²) >= 11 is 0. The van der Waals surface area contributed by atoms with Crippen LogP contribution in [0.5, 0.6) is 5.75 Å². The highest BCUT2D eigenvalue weighted by Crippen LogP contribution is 2.21. The molecule has 3 nitrogen and oxygen atoms in total. The van der Waals surface area contributed by atoms with Crippen LogP contribution >= 0.6 is 0 Å². The lowest BCUT2D eigenvalue weighted by atomic mass is 10.1. The molecule has 1 fully saturated rings. The minimum absolute atomic E-state index is 0.0156. The van der Waals surface area contributed by atoms with Crippen LogP contribution in [0.4, 0.5) is 4.39 Å². The van der Waals surface area contributed by atoms with Crippen molar-refractivity contribution in [2.24, 2.45) is 5.73 Å². The molecule has 16 heavy (non-hydrogen) atoms. The van der Waals surface area contributed by atoms with Gasteiger partial charge in [-0.05, 0) is 37.1 Å². The molecule has 1 aromatic carbocycles. The highest BCUT2D eigenvalue weighted by atomic mass is 19.1. The van der Waals surface area contributed by atoms with Gasteiger partial charge in [0, 0.05) is 12.6 Å². The second-order valence-corrected chi connectivity index (χ2v) is 4.09. The van der Waals surface area contributed by atoms with Gasteiger partial charge in [0.2, 0.25) is 0 Å². The van der Waals surface area contributed by atoms with Crippen molar-refractivity contribution in [1.29, 1.82) is 0 Å². The van der Waals surface area contributed by atoms with E-state index in [4.69, 9.17) is 15.2 Å². The molecule has 88 valence electrons. The Bertz CT molecular complexity index is 370. The normalized spacial score (nSPS) is 25.4. The zero-order valence-electron chi connectivity index (χ0n) is 9.28. The Kier molecular flexibility index (Phi) is 3.41. The third-order valence-electron chi connectivity index (χ3n) is 2.77. The van der Waals surface area contributed by atoms with Crippen LogP contribution < -0.4 is 10.5 Å². The summed E-state index contributed by atoms with van der Waals surface area (Å²) < 4.78 is 23.9. The first-order chi connectivity index (χ1) is 7.66. The summed E-state index contributed by atoms with van der Waals surface area (Å²) in [6.45, 7) is 3.00. The maximum atomic E-state index is 12.9. The standard InChI is InChI=1S/C12H16FNO2/c1-8-6-9(13)2-3-11(8)16-12-7-15-5-4-10(12)14/h2-3,6,10,12H,4-5,7,14H2,1H3. The topological polar surface area (TPSA) is 44.5 Å². The average molecular weight is 225 g/mol. The van der Waals surface area contributed by atoms with Crippen molar-refractivity contribution in [3.05, 3.63) is 29.6 Å². The number of hydrogen-bond acceptors (Lipinski definition) is 3. The Morgan fingerprint density at radius 1 is 1.50 bits per heavy atom. The van der Waals surface area contributed by atoms with Crippen LogP contribution in [-0.4, -0.2) is 25.4 Å². The molecule has 0 aromatic heterocycles. The molecule has 0 bridgehead atoms. The van der Waals surface area contributed by atoms with E-state index in [1.165, 1.54) is 12.1 Å². The number of benzene rings is 1. The van der Waals surface area contributed by atoms with Crippen LogP contribution in [0.3, 0.4) is 0 Å². The second kappa shape index (κ2) is 4.80. The fourth-order valence-corrected chi connectivity index (χ4v) is 1.76. The summed E-state index contributed by atoms with van der Waals surface area (Å²) in [5.74, 6) is 0.418. The van der Waals surface area contributed by atoms with Crippen molar-refractivity contribution in [3.8, 4) is 5.75 Å². The van der Waals surface area contributed by atoms with Crippen molar-refractivity contribution >= 4 is 0 Å². The number of nitrogens with two attached hydrogens (primary N) is 1. The summed E-state index contributed by atoms with van der Waals surface area (Å²) in [6.07, 6.45) is 0.656. The van der Waals surface area contributed by atoms with Gasteiger partial charge in [-0.25, -0.2) is 4.39 Å². The highest BCUT2D eigenvalue weighted by Gasteiger charge is 2.24. The van der Waals surface area contributed by atoms with Crippen molar-refractivity contribution in [1.82, 2.24) is 0 Å². The van der Waals surface area contributed by atoms with Crippen LogP contribution in [0, 0.1) is 12.7 Å². The van der Waals surface area contributed by atoms with E-state index in [2.05, 4.69) is 0 Å². The molecule has 2 N–H and O–H groups in total. The summed E-state index contributed by atoms with van der Waals surface area (Å²) in [4.78, 5) is 0. The average Bonchev–Trinajstić information content (AvgIpc) is 2.25. The monoisotopic (exact) mass is 225 g/mol. The van der Waals surface area contributed by atoms with Crippen LogP contribution in [0.2, 0.25) is 0 Å². The zero-order valence-corrected chi connectivity index (χ0v) is 9.28. The number of rotatable bonds is 2. The number of hydrogen-bond donors (Lipinski definition) is 1. The van der Waals surface area contributed by atoms with E-state index in [9.17, 15) is 4.39 Å². The van der Waals surface area contributed by atoms with E-state index in [1.54, 1.807) is 6.07 Å². The maximum Gasteiger partial charge on any atom is 0.137 e. The van der Waals surface area contributed by atoms with E-state index in [1.807, 2.05) is 6.92 Å². The molecule has 1 aliphatic rings. The van der Waals surface area contributed by atoms with Crippen molar-refractivity contribution in [2.75, 3.05) is 13.2 Å². The number of ether oxygens (including phenoxy) is 2. The molecular weight excluding hydrogens is 209 g/mol. The molecule has 4 heteroatoms. The molecule has 1 aliphatic heterocycles. The smallest absolute Gasteiger partial charge is 0.137 e. The Balaban J connectivity index is 2.07. The zero-order chi connectivity index (χ0) is 11.5. The molecule has 1 saturated heterocycles. The SMILES string of the molecule is Cc1cc(F)ccc1OC1COCCC1N. The molecule has 1 heterocycles. The minimum Gasteiger partial charge on any atom is -0.486 e. The van der Waals surface area contributed by atoms with Crippen LogP contribution in [0.1, 0.15) is 12.0 Å². The lowest BCUT2D eigenvalue weighted by molar-refractivity contribution is -0.00560. The van der Waals surface area contributed by atoms with Crippen LogP contribution in [0.25, 0.3) is 0 Å². The molecule has 0 saturated carbocycles. The molecule has 0 radical (unpaired) electrons. The van der Waals surface area contributed by atoms with Gasteiger partial charge in [0.25, 0.3) is 0 Å². The van der Waals surface area contributed by atoms with E-state index in [0.717, 1.165) is 12.0 Å². The lowest BCUT2D eigenvalue weighted by Gasteiger charge is -2.29. The molecule has 1 aromatic rings. The number of halogens is 1. The molecule has 2 unspecified atom stereocenters. The molecule has 2 rings (SSSR count). The van der Waals surface area contributed by atoms with Gasteiger partial charge in [-0.3, -0.25) is 0 Å². The number of aryl methyl sites for hydroxylation is 1. The molecular formula is C12H16FNO2. The summed E-state index contributed by atoms with van der Waals surface area (Å²) in [5.41, 5.74) is 6.70. The lowest BCUT2D eigenvalue weighted by Crippen LogP contribution is -2.46. The Hall–Kier alpha value is -1.13. The van der Waals surface area contributed by atoms with Gasteiger partial charge >= 0.3 is 0 Å². The Morgan fingerprint density at radius 2 is 2.31 bits per heavy atom. The van der Waals surface area contributed by atoms with E-state index >= 15 is 0 Å². The van der Waals surface area contributed by atoms with E-state index < -0.39 is 0 Å². The molecule has 0 spiro atoms. The minimum atomic E-state index is -0.256. The van der Waals surface area contributed by atoms with Gasteiger partial charge in [-0.1, -0.05) is 0 Å². The highest BCUT2D eigenvalue weighted by molar-refractivity contribution is 5.32. The van der Waals surface area contributed by atoms with Gasteiger partial charge in [0.15, 0.2) is 0 Å². The van der Waals surface area contributed by atoms with Gasteiger partial charge in [0.1, 0.15) is 17.7 Å². The summed E-state index contributed by atoms with van der Waals surface area (Å²) in [7, 11) is 0. The first kappa shape index (κ1) is 11.4. The van der Waals surface area contributed by atoms with E-state index in [0.29, 0.717) is 19.0 Å². The summed E-state index contributed by atoms with van der Waals surface area (Å²) in [5, 5.41) is 0. The van der Waals surface area contributed by atoms with E-state index in [-0.39, 0.29) is 18.0 Å². The van der Waals surface area contributed by atoms with Crippen molar-refractivity contribution in [2.45, 2.75) is 25.5 Å². The van der Waals surface area contributed by atoms with Crippen LogP contribution in [0.15, 0.2) is 18.2 Å². The third kappa shape index (κ3) is 2.51. The van der Waals surface area contributed by atoms with Gasteiger partial charge < -0.3 is 15.2 Å². The fourth-order valence-electron chi connectivity index (χ4n) is 1.76. The second-order valence-electron chi connectivity index (χ2n) is 4.09. The first-order valence-corrected chi connectivity index (χ1v) is 5.43. The first-order valence-electron chi connectivity index (χ1n) is 5.43. The predicted octanol–water partition coefficient (Wildman–Crippen LogP) is 1.63. The van der Waals surface area contributed by atoms with Gasteiger partial charge in [0.05, 0.1) is 6.61 Å². The van der Waals surface area contributed by atoms with Gasteiger partial charge in [-0.2, -0.15) is 0 Å². The fraction of sp³-hybridized carbons (Fsp3) is 0.500. The Morgan fingerprint density at radius 3 is 3.00 bits per heavy atom. The molecule has 0 aliphatic carbocycles.